The fourth-order valence-corrected chi connectivity index (χ4v) is 2.83. The Labute approximate surface area is 196 Å². The van der Waals surface area contributed by atoms with E-state index >= 15 is 0 Å². The van der Waals surface area contributed by atoms with Crippen LogP contribution in [0.4, 0.5) is 0 Å². The number of benzene rings is 1. The van der Waals surface area contributed by atoms with Crippen molar-refractivity contribution in [3.8, 4) is 5.75 Å². The minimum atomic E-state index is -0.184. The molecule has 0 atom stereocenters. The Morgan fingerprint density at radius 2 is 1.90 bits per heavy atom. The summed E-state index contributed by atoms with van der Waals surface area (Å²) in [5, 5.41) is 6.18. The standard InChI is InChI=1S/C22H32N4O3.HI/c1-5-23-22(26(4)16-18-8-10-19(11-9-18)28-6-2)25-14-7-13-24-21(27)20-17(3)12-15-29-20;/h8-12,15H,5-7,13-14,16H2,1-4H3,(H,23,25)(H,24,27);1H. The first kappa shape index (κ1) is 25.8. The lowest BCUT2D eigenvalue weighted by molar-refractivity contribution is 0.0925. The van der Waals surface area contributed by atoms with Crippen LogP contribution in [0.1, 0.15) is 41.9 Å². The van der Waals surface area contributed by atoms with Gasteiger partial charge in [-0.3, -0.25) is 9.79 Å². The van der Waals surface area contributed by atoms with Crippen molar-refractivity contribution in [3.05, 3.63) is 53.5 Å². The number of carbonyl (C=O) groups is 1. The minimum absolute atomic E-state index is 0. The third-order valence-corrected chi connectivity index (χ3v) is 4.30. The molecule has 0 fully saturated rings. The molecule has 2 aromatic rings. The average Bonchev–Trinajstić information content (AvgIpc) is 3.14. The van der Waals surface area contributed by atoms with E-state index in [-0.39, 0.29) is 29.9 Å². The number of aryl methyl sites for hydroxylation is 1. The SMILES string of the molecule is CCNC(=NCCCNC(=O)c1occc1C)N(C)Cc1ccc(OCC)cc1.I. The van der Waals surface area contributed by atoms with E-state index < -0.39 is 0 Å². The van der Waals surface area contributed by atoms with Crippen LogP contribution in [0.5, 0.6) is 5.75 Å². The third-order valence-electron chi connectivity index (χ3n) is 4.30. The van der Waals surface area contributed by atoms with Crippen LogP contribution in [0.2, 0.25) is 0 Å². The summed E-state index contributed by atoms with van der Waals surface area (Å²) in [4.78, 5) is 18.8. The number of guanidine groups is 1. The molecular weight excluding hydrogens is 495 g/mol. The van der Waals surface area contributed by atoms with Gasteiger partial charge in [0.15, 0.2) is 11.7 Å². The molecule has 1 aromatic carbocycles. The van der Waals surface area contributed by atoms with Gasteiger partial charge in [0.2, 0.25) is 0 Å². The van der Waals surface area contributed by atoms with Crippen LogP contribution < -0.4 is 15.4 Å². The number of nitrogens with zero attached hydrogens (tertiary/aromatic N) is 2. The van der Waals surface area contributed by atoms with Gasteiger partial charge in [-0.2, -0.15) is 0 Å². The molecule has 0 radical (unpaired) electrons. The van der Waals surface area contributed by atoms with Crippen molar-refractivity contribution < 1.29 is 13.9 Å². The van der Waals surface area contributed by atoms with E-state index in [1.165, 1.54) is 11.8 Å². The summed E-state index contributed by atoms with van der Waals surface area (Å²) in [5.41, 5.74) is 2.02. The third kappa shape index (κ3) is 8.25. The van der Waals surface area contributed by atoms with E-state index in [1.54, 1.807) is 6.07 Å². The number of carbonyl (C=O) groups excluding carboxylic acids is 1. The number of rotatable bonds is 10. The lowest BCUT2D eigenvalue weighted by atomic mass is 10.2. The Bertz CT molecular complexity index is 790. The predicted molar refractivity (Wildman–Crippen MR) is 131 cm³/mol. The van der Waals surface area contributed by atoms with Crippen LogP contribution >= 0.6 is 24.0 Å². The molecule has 0 aliphatic carbocycles. The van der Waals surface area contributed by atoms with Crippen LogP contribution in [0.15, 0.2) is 46.0 Å². The maximum atomic E-state index is 12.0. The van der Waals surface area contributed by atoms with Crippen LogP contribution in [0.25, 0.3) is 0 Å². The molecular formula is C22H33IN4O3. The summed E-state index contributed by atoms with van der Waals surface area (Å²) in [6.45, 7) is 9.24. The van der Waals surface area contributed by atoms with E-state index in [0.29, 0.717) is 25.5 Å². The first-order valence-electron chi connectivity index (χ1n) is 10.1. The highest BCUT2D eigenvalue weighted by Crippen LogP contribution is 2.13. The molecule has 30 heavy (non-hydrogen) atoms. The molecule has 0 saturated heterocycles. The summed E-state index contributed by atoms with van der Waals surface area (Å²) in [7, 11) is 2.01. The quantitative estimate of drug-likeness (QED) is 0.212. The summed E-state index contributed by atoms with van der Waals surface area (Å²) in [5.74, 6) is 1.91. The molecule has 2 rings (SSSR count). The van der Waals surface area contributed by atoms with E-state index in [9.17, 15) is 4.79 Å². The average molecular weight is 528 g/mol. The number of ether oxygens (including phenoxy) is 1. The maximum absolute atomic E-state index is 12.0. The van der Waals surface area contributed by atoms with Gasteiger partial charge in [0, 0.05) is 38.8 Å². The molecule has 2 N–H and O–H groups in total. The number of halogens is 1. The zero-order chi connectivity index (χ0) is 21.1. The smallest absolute Gasteiger partial charge is 0.287 e. The van der Waals surface area contributed by atoms with Crippen molar-refractivity contribution in [1.82, 2.24) is 15.5 Å². The maximum Gasteiger partial charge on any atom is 0.287 e. The van der Waals surface area contributed by atoms with Crippen molar-refractivity contribution in [3.63, 3.8) is 0 Å². The predicted octanol–water partition coefficient (Wildman–Crippen LogP) is 3.82. The first-order valence-corrected chi connectivity index (χ1v) is 10.1. The monoisotopic (exact) mass is 528 g/mol. The number of furan rings is 1. The molecule has 0 unspecified atom stereocenters. The molecule has 0 spiro atoms. The van der Waals surface area contributed by atoms with Gasteiger partial charge in [0.25, 0.3) is 5.91 Å². The second-order valence-corrected chi connectivity index (χ2v) is 6.71. The fraction of sp³-hybridized carbons (Fsp3) is 0.455. The van der Waals surface area contributed by atoms with Crippen molar-refractivity contribution >= 4 is 35.8 Å². The van der Waals surface area contributed by atoms with Gasteiger partial charge in [-0.05, 0) is 51.0 Å². The van der Waals surface area contributed by atoms with E-state index in [4.69, 9.17) is 9.15 Å². The summed E-state index contributed by atoms with van der Waals surface area (Å²) >= 11 is 0. The first-order chi connectivity index (χ1) is 14.0. The van der Waals surface area contributed by atoms with Gasteiger partial charge in [-0.25, -0.2) is 0 Å². The van der Waals surface area contributed by atoms with Gasteiger partial charge in [0.05, 0.1) is 12.9 Å². The number of hydrogen-bond acceptors (Lipinski definition) is 4. The lowest BCUT2D eigenvalue weighted by Gasteiger charge is -2.22. The van der Waals surface area contributed by atoms with Gasteiger partial charge in [-0.15, -0.1) is 24.0 Å². The zero-order valence-electron chi connectivity index (χ0n) is 18.2. The largest absolute Gasteiger partial charge is 0.494 e. The number of nitrogens with one attached hydrogen (secondary N) is 2. The van der Waals surface area contributed by atoms with Crippen LogP contribution in [-0.2, 0) is 6.54 Å². The number of aliphatic imine (C=N–C) groups is 1. The molecule has 7 nitrogen and oxygen atoms in total. The Morgan fingerprint density at radius 3 is 2.50 bits per heavy atom. The lowest BCUT2D eigenvalue weighted by Crippen LogP contribution is -2.38. The highest BCUT2D eigenvalue weighted by molar-refractivity contribution is 14.0. The molecule has 1 amide bonds. The molecule has 0 saturated carbocycles. The summed E-state index contributed by atoms with van der Waals surface area (Å²) < 4.78 is 10.7. The Kier molecular flexibility index (Phi) is 12.0. The zero-order valence-corrected chi connectivity index (χ0v) is 20.6. The van der Waals surface area contributed by atoms with Crippen molar-refractivity contribution in [2.24, 2.45) is 4.99 Å². The Hall–Kier alpha value is -2.23. The molecule has 0 bridgehead atoms. The normalized spacial score (nSPS) is 10.9. The molecule has 0 aliphatic heterocycles. The van der Waals surface area contributed by atoms with Gasteiger partial charge in [0.1, 0.15) is 5.75 Å². The van der Waals surface area contributed by atoms with Crippen LogP contribution in [-0.4, -0.2) is 50.1 Å². The van der Waals surface area contributed by atoms with Crippen molar-refractivity contribution in [1.29, 1.82) is 0 Å². The van der Waals surface area contributed by atoms with E-state index in [0.717, 1.165) is 36.8 Å². The number of amides is 1. The summed E-state index contributed by atoms with van der Waals surface area (Å²) in [6.07, 6.45) is 2.27. The highest BCUT2D eigenvalue weighted by Gasteiger charge is 2.11. The second kappa shape index (κ2) is 13.9. The Balaban J connectivity index is 0.00000450. The fourth-order valence-electron chi connectivity index (χ4n) is 2.83. The topological polar surface area (TPSA) is 79.1 Å². The molecule has 166 valence electrons. The molecule has 1 heterocycles. The Morgan fingerprint density at radius 1 is 1.17 bits per heavy atom. The van der Waals surface area contributed by atoms with E-state index in [1.807, 2.05) is 40.0 Å². The minimum Gasteiger partial charge on any atom is -0.494 e. The molecule has 1 aromatic heterocycles. The van der Waals surface area contributed by atoms with Crippen LogP contribution in [0.3, 0.4) is 0 Å². The van der Waals surface area contributed by atoms with Gasteiger partial charge >= 0.3 is 0 Å². The van der Waals surface area contributed by atoms with Crippen molar-refractivity contribution in [2.75, 3.05) is 33.3 Å². The van der Waals surface area contributed by atoms with E-state index in [2.05, 4.69) is 32.7 Å². The van der Waals surface area contributed by atoms with Crippen LogP contribution in [0, 0.1) is 6.92 Å². The molecule has 8 heteroatoms. The van der Waals surface area contributed by atoms with Crippen molar-refractivity contribution in [2.45, 2.75) is 33.7 Å². The second-order valence-electron chi connectivity index (χ2n) is 6.71. The van der Waals surface area contributed by atoms with Gasteiger partial charge in [-0.1, -0.05) is 12.1 Å². The number of hydrogen-bond donors (Lipinski definition) is 2. The summed E-state index contributed by atoms with van der Waals surface area (Å²) in [6, 6.07) is 9.89. The highest BCUT2D eigenvalue weighted by atomic mass is 127. The molecule has 0 aliphatic rings. The van der Waals surface area contributed by atoms with Gasteiger partial charge < -0.3 is 24.7 Å².